The number of benzene rings is 1. The van der Waals surface area contributed by atoms with Crippen LogP contribution in [-0.2, 0) is 0 Å². The summed E-state index contributed by atoms with van der Waals surface area (Å²) in [7, 11) is 0. The molecule has 0 aliphatic carbocycles. The lowest BCUT2D eigenvalue weighted by Crippen LogP contribution is -2.38. The third-order valence-corrected chi connectivity index (χ3v) is 2.16. The molecule has 0 aliphatic rings. The van der Waals surface area contributed by atoms with Gasteiger partial charge in [0.15, 0.2) is 0 Å². The van der Waals surface area contributed by atoms with Crippen LogP contribution in [0.5, 0.6) is 5.75 Å². The quantitative estimate of drug-likeness (QED) is 0.838. The zero-order valence-electron chi connectivity index (χ0n) is 8.80. The molecule has 2 N–H and O–H groups in total. The molecule has 0 atom stereocenters. The van der Waals surface area contributed by atoms with Gasteiger partial charge < -0.3 is 10.5 Å². The summed E-state index contributed by atoms with van der Waals surface area (Å²) < 4.78 is 5.52. The van der Waals surface area contributed by atoms with Crippen LogP contribution in [0.3, 0.4) is 0 Å². The van der Waals surface area contributed by atoms with E-state index in [-0.39, 0.29) is 5.54 Å². The highest BCUT2D eigenvalue weighted by Crippen LogP contribution is 2.21. The summed E-state index contributed by atoms with van der Waals surface area (Å²) in [5, 5.41) is 0.754. The molecule has 1 aromatic carbocycles. The molecule has 0 heterocycles. The Labute approximate surface area is 90.0 Å². The smallest absolute Gasteiger partial charge is 0.119 e. The molecular formula is C11H16ClNO. The van der Waals surface area contributed by atoms with Crippen LogP contribution in [0.25, 0.3) is 0 Å². The van der Waals surface area contributed by atoms with E-state index in [0.717, 1.165) is 16.3 Å². The molecule has 0 aliphatic heterocycles. The van der Waals surface area contributed by atoms with Gasteiger partial charge in [-0.15, -0.1) is 0 Å². The van der Waals surface area contributed by atoms with E-state index in [0.29, 0.717) is 6.61 Å². The number of aryl methyl sites for hydroxylation is 1. The number of rotatable bonds is 3. The van der Waals surface area contributed by atoms with E-state index < -0.39 is 0 Å². The maximum Gasteiger partial charge on any atom is 0.119 e. The average Bonchev–Trinajstić information content (AvgIpc) is 2.06. The molecule has 14 heavy (non-hydrogen) atoms. The second kappa shape index (κ2) is 4.20. The highest BCUT2D eigenvalue weighted by atomic mass is 35.5. The Hall–Kier alpha value is -0.730. The molecule has 0 aromatic heterocycles. The van der Waals surface area contributed by atoms with Crippen LogP contribution in [-0.4, -0.2) is 12.1 Å². The van der Waals surface area contributed by atoms with E-state index in [1.54, 1.807) is 0 Å². The van der Waals surface area contributed by atoms with E-state index in [4.69, 9.17) is 22.1 Å². The van der Waals surface area contributed by atoms with Gasteiger partial charge in [0, 0.05) is 10.6 Å². The minimum absolute atomic E-state index is 0.312. The van der Waals surface area contributed by atoms with Crippen LogP contribution < -0.4 is 10.5 Å². The van der Waals surface area contributed by atoms with Gasteiger partial charge in [0.2, 0.25) is 0 Å². The zero-order chi connectivity index (χ0) is 10.8. The number of ether oxygens (including phenoxy) is 1. The molecule has 0 amide bonds. The third kappa shape index (κ3) is 3.56. The van der Waals surface area contributed by atoms with Crippen molar-refractivity contribution in [3.8, 4) is 5.75 Å². The normalized spacial score (nSPS) is 11.5. The molecule has 0 spiro atoms. The molecule has 0 saturated heterocycles. The SMILES string of the molecule is Cc1cc(OCC(C)(C)N)ccc1Cl. The lowest BCUT2D eigenvalue weighted by atomic mass is 10.1. The van der Waals surface area contributed by atoms with E-state index in [1.807, 2.05) is 39.0 Å². The zero-order valence-corrected chi connectivity index (χ0v) is 9.56. The lowest BCUT2D eigenvalue weighted by molar-refractivity contribution is 0.243. The van der Waals surface area contributed by atoms with Crippen molar-refractivity contribution in [2.24, 2.45) is 5.73 Å². The molecule has 78 valence electrons. The minimum Gasteiger partial charge on any atom is -0.492 e. The predicted molar refractivity (Wildman–Crippen MR) is 60.0 cm³/mol. The molecule has 0 saturated carbocycles. The van der Waals surface area contributed by atoms with Crippen molar-refractivity contribution in [2.75, 3.05) is 6.61 Å². The third-order valence-electron chi connectivity index (χ3n) is 1.74. The predicted octanol–water partition coefficient (Wildman–Crippen LogP) is 2.76. The van der Waals surface area contributed by atoms with E-state index >= 15 is 0 Å². The summed E-state index contributed by atoms with van der Waals surface area (Å²) in [6.45, 7) is 6.29. The van der Waals surface area contributed by atoms with Crippen LogP contribution in [0.1, 0.15) is 19.4 Å². The van der Waals surface area contributed by atoms with Gasteiger partial charge in [-0.2, -0.15) is 0 Å². The molecule has 0 bridgehead atoms. The van der Waals surface area contributed by atoms with E-state index in [1.165, 1.54) is 0 Å². The Bertz CT molecular complexity index is 318. The van der Waals surface area contributed by atoms with Crippen molar-refractivity contribution in [1.29, 1.82) is 0 Å². The first kappa shape index (κ1) is 11.3. The number of nitrogens with two attached hydrogens (primary N) is 1. The molecule has 0 fully saturated rings. The Morgan fingerprint density at radius 2 is 2.07 bits per heavy atom. The summed E-state index contributed by atoms with van der Waals surface area (Å²) in [5.41, 5.74) is 6.50. The van der Waals surface area contributed by atoms with Gasteiger partial charge in [-0.25, -0.2) is 0 Å². The highest BCUT2D eigenvalue weighted by Gasteiger charge is 2.11. The van der Waals surface area contributed by atoms with Crippen molar-refractivity contribution in [3.05, 3.63) is 28.8 Å². The second-order valence-electron chi connectivity index (χ2n) is 4.19. The minimum atomic E-state index is -0.312. The molecule has 1 rings (SSSR count). The lowest BCUT2D eigenvalue weighted by Gasteiger charge is -2.19. The Morgan fingerprint density at radius 3 is 2.57 bits per heavy atom. The molecule has 2 nitrogen and oxygen atoms in total. The summed E-state index contributed by atoms with van der Waals surface area (Å²) in [4.78, 5) is 0. The number of halogens is 1. The van der Waals surface area contributed by atoms with Crippen LogP contribution in [0.4, 0.5) is 0 Å². The van der Waals surface area contributed by atoms with Crippen LogP contribution in [0, 0.1) is 6.92 Å². The van der Waals surface area contributed by atoms with Gasteiger partial charge in [-0.05, 0) is 44.5 Å². The van der Waals surface area contributed by atoms with Gasteiger partial charge in [0.05, 0.1) is 0 Å². The van der Waals surface area contributed by atoms with Crippen LogP contribution in [0.15, 0.2) is 18.2 Å². The second-order valence-corrected chi connectivity index (χ2v) is 4.60. The van der Waals surface area contributed by atoms with Gasteiger partial charge >= 0.3 is 0 Å². The van der Waals surface area contributed by atoms with Crippen molar-refractivity contribution in [1.82, 2.24) is 0 Å². The first-order valence-electron chi connectivity index (χ1n) is 4.56. The van der Waals surface area contributed by atoms with Crippen molar-refractivity contribution < 1.29 is 4.74 Å². The van der Waals surface area contributed by atoms with Gasteiger partial charge in [0.25, 0.3) is 0 Å². The van der Waals surface area contributed by atoms with Crippen LogP contribution in [0.2, 0.25) is 5.02 Å². The van der Waals surface area contributed by atoms with E-state index in [2.05, 4.69) is 0 Å². The largest absolute Gasteiger partial charge is 0.492 e. The summed E-state index contributed by atoms with van der Waals surface area (Å²) in [6.07, 6.45) is 0. The average molecular weight is 214 g/mol. The maximum absolute atomic E-state index is 5.89. The molecule has 1 aromatic rings. The fourth-order valence-electron chi connectivity index (χ4n) is 0.976. The fraction of sp³-hybridized carbons (Fsp3) is 0.455. The Morgan fingerprint density at radius 1 is 1.43 bits per heavy atom. The van der Waals surface area contributed by atoms with Gasteiger partial charge in [-0.3, -0.25) is 0 Å². The Balaban J connectivity index is 2.65. The molecule has 3 heteroatoms. The van der Waals surface area contributed by atoms with Gasteiger partial charge in [0.1, 0.15) is 12.4 Å². The highest BCUT2D eigenvalue weighted by molar-refractivity contribution is 6.31. The summed E-state index contributed by atoms with van der Waals surface area (Å²) in [6, 6.07) is 5.59. The summed E-state index contributed by atoms with van der Waals surface area (Å²) >= 11 is 5.89. The molecular weight excluding hydrogens is 198 g/mol. The van der Waals surface area contributed by atoms with Crippen LogP contribution >= 0.6 is 11.6 Å². The standard InChI is InChI=1S/C11H16ClNO/c1-8-6-9(4-5-10(8)12)14-7-11(2,3)13/h4-6H,7,13H2,1-3H3. The monoisotopic (exact) mass is 213 g/mol. The first-order chi connectivity index (χ1) is 6.38. The molecule has 0 radical (unpaired) electrons. The Kier molecular flexibility index (Phi) is 3.40. The first-order valence-corrected chi connectivity index (χ1v) is 4.94. The van der Waals surface area contributed by atoms with Gasteiger partial charge in [-0.1, -0.05) is 11.6 Å². The topological polar surface area (TPSA) is 35.2 Å². The maximum atomic E-state index is 5.89. The number of hydrogen-bond donors (Lipinski definition) is 1. The van der Waals surface area contributed by atoms with Crippen molar-refractivity contribution in [3.63, 3.8) is 0 Å². The fourth-order valence-corrected chi connectivity index (χ4v) is 1.09. The van der Waals surface area contributed by atoms with Crippen molar-refractivity contribution >= 4 is 11.6 Å². The summed E-state index contributed by atoms with van der Waals surface area (Å²) in [5.74, 6) is 0.811. The van der Waals surface area contributed by atoms with Crippen molar-refractivity contribution in [2.45, 2.75) is 26.3 Å². The number of hydrogen-bond acceptors (Lipinski definition) is 2. The molecule has 0 unspecified atom stereocenters. The van der Waals surface area contributed by atoms with E-state index in [9.17, 15) is 0 Å².